The van der Waals surface area contributed by atoms with E-state index in [-0.39, 0.29) is 6.10 Å². The number of nitrogens with two attached hydrogens (primary N) is 1. The fourth-order valence-electron chi connectivity index (χ4n) is 2.12. The molecule has 2 nitrogen and oxygen atoms in total. The average Bonchev–Trinajstić information content (AvgIpc) is 2.37. The number of para-hydroxylation sites is 1. The molecular weight excluding hydrogens is 254 g/mol. The van der Waals surface area contributed by atoms with E-state index in [1.165, 1.54) is 25.7 Å². The van der Waals surface area contributed by atoms with Gasteiger partial charge in [-0.15, -0.1) is 0 Å². The van der Waals surface area contributed by atoms with Crippen LogP contribution < -0.4 is 10.5 Å². The van der Waals surface area contributed by atoms with Crippen molar-refractivity contribution < 1.29 is 4.74 Å². The molecular formula is C16H25NOS. The van der Waals surface area contributed by atoms with Gasteiger partial charge in [-0.1, -0.05) is 50.5 Å². The van der Waals surface area contributed by atoms with Gasteiger partial charge in [-0.05, 0) is 38.3 Å². The van der Waals surface area contributed by atoms with Crippen LogP contribution in [0.5, 0.6) is 5.75 Å². The molecule has 1 rings (SSSR count). The molecule has 1 unspecified atom stereocenters. The van der Waals surface area contributed by atoms with E-state index < -0.39 is 0 Å². The topological polar surface area (TPSA) is 35.2 Å². The van der Waals surface area contributed by atoms with Crippen molar-refractivity contribution in [2.45, 2.75) is 59.0 Å². The summed E-state index contributed by atoms with van der Waals surface area (Å²) in [6.07, 6.45) is 6.33. The Balaban J connectivity index is 2.63. The highest BCUT2D eigenvalue weighted by atomic mass is 32.1. The van der Waals surface area contributed by atoms with Crippen LogP contribution >= 0.6 is 12.2 Å². The van der Waals surface area contributed by atoms with Gasteiger partial charge >= 0.3 is 0 Å². The molecule has 3 heteroatoms. The summed E-state index contributed by atoms with van der Waals surface area (Å²) < 4.78 is 6.05. The quantitative estimate of drug-likeness (QED) is 0.567. The number of aryl methyl sites for hydroxylation is 1. The van der Waals surface area contributed by atoms with Crippen LogP contribution in [0.15, 0.2) is 18.2 Å². The molecule has 0 saturated carbocycles. The van der Waals surface area contributed by atoms with Crippen LogP contribution in [0.2, 0.25) is 0 Å². The van der Waals surface area contributed by atoms with Crippen molar-refractivity contribution in [3.05, 3.63) is 29.3 Å². The predicted molar refractivity (Wildman–Crippen MR) is 85.9 cm³/mol. The van der Waals surface area contributed by atoms with Crippen molar-refractivity contribution in [3.8, 4) is 5.75 Å². The van der Waals surface area contributed by atoms with Crippen molar-refractivity contribution in [1.82, 2.24) is 0 Å². The molecule has 1 aromatic rings. The molecule has 0 radical (unpaired) electrons. The van der Waals surface area contributed by atoms with Gasteiger partial charge in [0.15, 0.2) is 0 Å². The molecule has 1 aromatic carbocycles. The number of unbranched alkanes of at least 4 members (excludes halogenated alkanes) is 3. The first-order chi connectivity index (χ1) is 9.06. The third-order valence-electron chi connectivity index (χ3n) is 3.26. The molecule has 0 bridgehead atoms. The Bertz CT molecular complexity index is 417. The second kappa shape index (κ2) is 8.16. The molecule has 0 aliphatic heterocycles. The zero-order valence-corrected chi connectivity index (χ0v) is 13.1. The molecule has 0 amide bonds. The van der Waals surface area contributed by atoms with Gasteiger partial charge in [0.05, 0.1) is 11.7 Å². The maximum atomic E-state index is 6.05. The van der Waals surface area contributed by atoms with Gasteiger partial charge in [0.25, 0.3) is 0 Å². The molecule has 0 aromatic heterocycles. The minimum absolute atomic E-state index is 0.200. The van der Waals surface area contributed by atoms with E-state index in [2.05, 4.69) is 13.8 Å². The van der Waals surface area contributed by atoms with Gasteiger partial charge in [-0.3, -0.25) is 0 Å². The van der Waals surface area contributed by atoms with Gasteiger partial charge in [-0.2, -0.15) is 0 Å². The highest BCUT2D eigenvalue weighted by Gasteiger charge is 2.12. The van der Waals surface area contributed by atoms with Crippen molar-refractivity contribution in [2.75, 3.05) is 0 Å². The molecule has 0 heterocycles. The lowest BCUT2D eigenvalue weighted by molar-refractivity contribution is 0.204. The van der Waals surface area contributed by atoms with Crippen LogP contribution in [0, 0.1) is 6.92 Å². The summed E-state index contributed by atoms with van der Waals surface area (Å²) in [5.74, 6) is 0.845. The normalized spacial score (nSPS) is 12.2. The van der Waals surface area contributed by atoms with Gasteiger partial charge in [0.1, 0.15) is 10.7 Å². The van der Waals surface area contributed by atoms with Crippen LogP contribution in [0.1, 0.15) is 57.1 Å². The summed E-state index contributed by atoms with van der Waals surface area (Å²) >= 11 is 5.08. The lowest BCUT2D eigenvalue weighted by Crippen LogP contribution is -2.17. The molecule has 106 valence electrons. The highest BCUT2D eigenvalue weighted by Crippen LogP contribution is 2.25. The molecule has 1 atom stereocenters. The molecule has 0 fully saturated rings. The Kier molecular flexibility index (Phi) is 6.85. The van der Waals surface area contributed by atoms with E-state index in [0.717, 1.165) is 23.3 Å². The second-order valence-electron chi connectivity index (χ2n) is 5.09. The number of rotatable bonds is 8. The minimum atomic E-state index is 0.200. The molecule has 19 heavy (non-hydrogen) atoms. The third-order valence-corrected chi connectivity index (χ3v) is 3.48. The maximum absolute atomic E-state index is 6.05. The SMILES string of the molecule is CCCCCCC(C)Oc1c(C)cccc1C(N)=S. The Morgan fingerprint density at radius 3 is 2.68 bits per heavy atom. The van der Waals surface area contributed by atoms with E-state index in [0.29, 0.717) is 4.99 Å². The monoisotopic (exact) mass is 279 g/mol. The average molecular weight is 279 g/mol. The predicted octanol–water partition coefficient (Wildman–Crippen LogP) is 4.37. The van der Waals surface area contributed by atoms with Crippen molar-refractivity contribution in [2.24, 2.45) is 5.73 Å². The first kappa shape index (κ1) is 16.0. The van der Waals surface area contributed by atoms with E-state index in [9.17, 15) is 0 Å². The zero-order valence-electron chi connectivity index (χ0n) is 12.2. The Hall–Kier alpha value is -1.09. The van der Waals surface area contributed by atoms with E-state index in [1.807, 2.05) is 25.1 Å². The first-order valence-corrected chi connectivity index (χ1v) is 7.53. The van der Waals surface area contributed by atoms with Gasteiger partial charge in [0, 0.05) is 0 Å². The largest absolute Gasteiger partial charge is 0.490 e. The highest BCUT2D eigenvalue weighted by molar-refractivity contribution is 7.80. The number of benzene rings is 1. The van der Waals surface area contributed by atoms with E-state index in [4.69, 9.17) is 22.7 Å². The summed E-state index contributed by atoms with van der Waals surface area (Å²) in [7, 11) is 0. The fraction of sp³-hybridized carbons (Fsp3) is 0.562. The van der Waals surface area contributed by atoms with E-state index >= 15 is 0 Å². The van der Waals surface area contributed by atoms with Crippen molar-refractivity contribution in [3.63, 3.8) is 0 Å². The second-order valence-corrected chi connectivity index (χ2v) is 5.53. The fourth-order valence-corrected chi connectivity index (χ4v) is 2.28. The third kappa shape index (κ3) is 5.19. The summed E-state index contributed by atoms with van der Waals surface area (Å²) in [6.45, 7) is 6.37. The number of hydrogen-bond donors (Lipinski definition) is 1. The molecule has 0 aliphatic carbocycles. The minimum Gasteiger partial charge on any atom is -0.490 e. The Morgan fingerprint density at radius 2 is 2.05 bits per heavy atom. The van der Waals surface area contributed by atoms with Crippen molar-refractivity contribution in [1.29, 1.82) is 0 Å². The summed E-state index contributed by atoms with van der Waals surface area (Å²) in [5.41, 5.74) is 7.68. The zero-order chi connectivity index (χ0) is 14.3. The molecule has 2 N–H and O–H groups in total. The van der Waals surface area contributed by atoms with Crippen LogP contribution in [-0.4, -0.2) is 11.1 Å². The van der Waals surface area contributed by atoms with Crippen LogP contribution in [0.3, 0.4) is 0 Å². The van der Waals surface area contributed by atoms with Gasteiger partial charge in [-0.25, -0.2) is 0 Å². The number of ether oxygens (including phenoxy) is 1. The summed E-state index contributed by atoms with van der Waals surface area (Å²) in [5, 5.41) is 0. The molecule has 0 aliphatic rings. The molecule has 0 spiro atoms. The maximum Gasteiger partial charge on any atom is 0.132 e. The lowest BCUT2D eigenvalue weighted by Gasteiger charge is -2.19. The standard InChI is InChI=1S/C16H25NOS/c1-4-5-6-7-10-13(3)18-15-12(2)9-8-11-14(15)16(17)19/h8-9,11,13H,4-7,10H2,1-3H3,(H2,17,19). The van der Waals surface area contributed by atoms with Gasteiger partial charge in [0.2, 0.25) is 0 Å². The Labute approximate surface area is 122 Å². The lowest BCUT2D eigenvalue weighted by atomic mass is 10.1. The van der Waals surface area contributed by atoms with Crippen LogP contribution in [0.25, 0.3) is 0 Å². The van der Waals surface area contributed by atoms with E-state index in [1.54, 1.807) is 0 Å². The van der Waals surface area contributed by atoms with Crippen LogP contribution in [0.4, 0.5) is 0 Å². The first-order valence-electron chi connectivity index (χ1n) is 7.12. The van der Waals surface area contributed by atoms with Gasteiger partial charge < -0.3 is 10.5 Å². The summed E-state index contributed by atoms with van der Waals surface area (Å²) in [6, 6.07) is 5.91. The Morgan fingerprint density at radius 1 is 1.32 bits per heavy atom. The molecule has 0 saturated heterocycles. The smallest absolute Gasteiger partial charge is 0.132 e. The summed E-state index contributed by atoms with van der Waals surface area (Å²) in [4.78, 5) is 0.400. The number of hydrogen-bond acceptors (Lipinski definition) is 2. The number of thiocarbonyl (C=S) groups is 1. The van der Waals surface area contributed by atoms with Crippen molar-refractivity contribution >= 4 is 17.2 Å². The van der Waals surface area contributed by atoms with Crippen LogP contribution in [-0.2, 0) is 0 Å².